The van der Waals surface area contributed by atoms with Crippen molar-refractivity contribution < 1.29 is 13.2 Å². The first-order valence-corrected chi connectivity index (χ1v) is 15.1. The van der Waals surface area contributed by atoms with Crippen LogP contribution < -0.4 is 20.7 Å². The third-order valence-electron chi connectivity index (χ3n) is 7.12. The van der Waals surface area contributed by atoms with Gasteiger partial charge in [-0.1, -0.05) is 24.3 Å². The number of ether oxygens (including phenoxy) is 1. The lowest BCUT2D eigenvalue weighted by Crippen LogP contribution is -2.07. The SMILES string of the molecule is CNc1ccc2c(nc(NCc3ccc(OC)cc3)n2C)c1-c1ccnc(Nc2ccc(C(C)S(C)(=O)=O)cc2)n1.Cl. The van der Waals surface area contributed by atoms with Gasteiger partial charge in [0.2, 0.25) is 11.9 Å². The minimum atomic E-state index is -3.18. The molecule has 0 saturated carbocycles. The topological polar surface area (TPSA) is 123 Å². The normalized spacial score (nSPS) is 11.9. The number of halogens is 1. The Morgan fingerprint density at radius 3 is 2.33 bits per heavy atom. The first kappa shape index (κ1) is 30.6. The van der Waals surface area contributed by atoms with Crippen LogP contribution in [0.15, 0.2) is 72.9 Å². The summed E-state index contributed by atoms with van der Waals surface area (Å²) < 4.78 is 31.1. The Labute approximate surface area is 251 Å². The molecule has 1 atom stereocenters. The van der Waals surface area contributed by atoms with E-state index in [1.54, 1.807) is 32.4 Å². The van der Waals surface area contributed by atoms with Gasteiger partial charge in [-0.05, 0) is 60.5 Å². The molecule has 3 aromatic carbocycles. The Morgan fingerprint density at radius 1 is 0.976 bits per heavy atom. The van der Waals surface area contributed by atoms with Crippen LogP contribution in [0.5, 0.6) is 5.75 Å². The van der Waals surface area contributed by atoms with Crippen molar-refractivity contribution in [1.29, 1.82) is 0 Å². The molecule has 0 radical (unpaired) electrons. The fourth-order valence-electron chi connectivity index (χ4n) is 4.58. The van der Waals surface area contributed by atoms with Crippen LogP contribution in [0.25, 0.3) is 22.3 Å². The maximum absolute atomic E-state index is 11.9. The van der Waals surface area contributed by atoms with Crippen molar-refractivity contribution >= 4 is 56.5 Å². The predicted molar refractivity (Wildman–Crippen MR) is 172 cm³/mol. The van der Waals surface area contributed by atoms with Gasteiger partial charge in [-0.25, -0.2) is 23.4 Å². The molecule has 3 N–H and O–H groups in total. The van der Waals surface area contributed by atoms with Crippen LogP contribution in [0.3, 0.4) is 0 Å². The molecule has 0 bridgehead atoms. The molecule has 0 spiro atoms. The van der Waals surface area contributed by atoms with Crippen LogP contribution in [-0.2, 0) is 23.4 Å². The van der Waals surface area contributed by atoms with Crippen LogP contribution in [0, 0.1) is 0 Å². The molecule has 5 rings (SSSR count). The summed E-state index contributed by atoms with van der Waals surface area (Å²) in [5.74, 6) is 1.97. The zero-order valence-corrected chi connectivity index (χ0v) is 25.7. The largest absolute Gasteiger partial charge is 0.497 e. The van der Waals surface area contributed by atoms with Gasteiger partial charge in [0.25, 0.3) is 0 Å². The van der Waals surface area contributed by atoms with Gasteiger partial charge in [0, 0.05) is 44.5 Å². The van der Waals surface area contributed by atoms with E-state index in [4.69, 9.17) is 14.7 Å². The number of nitrogens with zero attached hydrogens (tertiary/aromatic N) is 4. The molecule has 0 aliphatic carbocycles. The van der Waals surface area contributed by atoms with Gasteiger partial charge in [0.05, 0.1) is 29.1 Å². The minimum Gasteiger partial charge on any atom is -0.497 e. The molecule has 0 saturated heterocycles. The highest BCUT2D eigenvalue weighted by atomic mass is 35.5. The maximum Gasteiger partial charge on any atom is 0.227 e. The molecule has 2 aromatic heterocycles. The Hall–Kier alpha value is -4.35. The number of methoxy groups -OCH3 is 1. The maximum atomic E-state index is 11.9. The van der Waals surface area contributed by atoms with E-state index in [-0.39, 0.29) is 12.4 Å². The molecule has 0 fully saturated rings. The van der Waals surface area contributed by atoms with Crippen LogP contribution >= 0.6 is 12.4 Å². The lowest BCUT2D eigenvalue weighted by molar-refractivity contribution is 0.414. The van der Waals surface area contributed by atoms with E-state index in [9.17, 15) is 8.42 Å². The molecule has 0 aliphatic rings. The van der Waals surface area contributed by atoms with Crippen LogP contribution in [-0.4, -0.2) is 48.4 Å². The van der Waals surface area contributed by atoms with E-state index in [1.165, 1.54) is 6.26 Å². The molecule has 0 aliphatic heterocycles. The molecule has 10 nitrogen and oxygen atoms in total. The molecule has 1 unspecified atom stereocenters. The number of benzene rings is 3. The highest BCUT2D eigenvalue weighted by Gasteiger charge is 2.19. The summed E-state index contributed by atoms with van der Waals surface area (Å²) in [4.78, 5) is 14.2. The second-order valence-corrected chi connectivity index (χ2v) is 12.2. The quantitative estimate of drug-likeness (QED) is 0.176. The number of aryl methyl sites for hydroxylation is 1. The van der Waals surface area contributed by atoms with Gasteiger partial charge in [-0.3, -0.25) is 0 Å². The van der Waals surface area contributed by atoms with Gasteiger partial charge < -0.3 is 25.3 Å². The number of rotatable bonds is 10. The van der Waals surface area contributed by atoms with Crippen molar-refractivity contribution in [2.45, 2.75) is 18.7 Å². The number of aromatic nitrogens is 4. The molecular formula is C30H34ClN7O3S. The number of hydrogen-bond donors (Lipinski definition) is 3. The van der Waals surface area contributed by atoms with Crippen LogP contribution in [0.2, 0.25) is 0 Å². The van der Waals surface area contributed by atoms with E-state index in [0.29, 0.717) is 18.2 Å². The summed E-state index contributed by atoms with van der Waals surface area (Å²) in [6.45, 7) is 2.29. The van der Waals surface area contributed by atoms with Crippen molar-refractivity contribution in [3.63, 3.8) is 0 Å². The highest BCUT2D eigenvalue weighted by Crippen LogP contribution is 2.36. The van der Waals surface area contributed by atoms with Gasteiger partial charge in [0.15, 0.2) is 9.84 Å². The van der Waals surface area contributed by atoms with Crippen molar-refractivity contribution in [2.24, 2.45) is 7.05 Å². The lowest BCUT2D eigenvalue weighted by Gasteiger charge is -2.12. The van der Waals surface area contributed by atoms with E-state index < -0.39 is 15.1 Å². The number of nitrogens with one attached hydrogen (secondary N) is 3. The summed E-state index contributed by atoms with van der Waals surface area (Å²) in [6, 6.07) is 21.1. The smallest absolute Gasteiger partial charge is 0.227 e. The molecule has 220 valence electrons. The van der Waals surface area contributed by atoms with Crippen molar-refractivity contribution in [3.8, 4) is 17.0 Å². The van der Waals surface area contributed by atoms with Crippen molar-refractivity contribution in [1.82, 2.24) is 19.5 Å². The van der Waals surface area contributed by atoms with E-state index in [0.717, 1.165) is 50.8 Å². The van der Waals surface area contributed by atoms with Gasteiger partial charge in [0.1, 0.15) is 11.3 Å². The summed E-state index contributed by atoms with van der Waals surface area (Å²) in [7, 11) is 2.33. The summed E-state index contributed by atoms with van der Waals surface area (Å²) in [5.41, 5.74) is 6.81. The van der Waals surface area contributed by atoms with Crippen molar-refractivity contribution in [3.05, 3.63) is 84.1 Å². The lowest BCUT2D eigenvalue weighted by atomic mass is 10.1. The van der Waals surface area contributed by atoms with Crippen LogP contribution in [0.4, 0.5) is 23.3 Å². The molecule has 2 heterocycles. The number of imidazole rings is 1. The molecule has 0 amide bonds. The Morgan fingerprint density at radius 2 is 1.69 bits per heavy atom. The van der Waals surface area contributed by atoms with Crippen LogP contribution in [0.1, 0.15) is 23.3 Å². The third-order valence-corrected chi connectivity index (χ3v) is 8.68. The van der Waals surface area contributed by atoms with E-state index in [1.807, 2.05) is 73.3 Å². The zero-order valence-electron chi connectivity index (χ0n) is 24.0. The number of anilines is 4. The summed E-state index contributed by atoms with van der Waals surface area (Å²) >= 11 is 0. The Kier molecular flexibility index (Phi) is 9.23. The first-order chi connectivity index (χ1) is 19.7. The van der Waals surface area contributed by atoms with Gasteiger partial charge in [-0.15, -0.1) is 12.4 Å². The molecule has 12 heteroatoms. The van der Waals surface area contributed by atoms with E-state index in [2.05, 4.69) is 20.9 Å². The third kappa shape index (κ3) is 6.42. The average Bonchev–Trinajstić information content (AvgIpc) is 3.30. The predicted octanol–water partition coefficient (Wildman–Crippen LogP) is 5.96. The highest BCUT2D eigenvalue weighted by molar-refractivity contribution is 7.90. The fraction of sp³-hybridized carbons (Fsp3) is 0.233. The molecule has 42 heavy (non-hydrogen) atoms. The molecule has 5 aromatic rings. The van der Waals surface area contributed by atoms with Crippen molar-refractivity contribution in [2.75, 3.05) is 36.4 Å². The van der Waals surface area contributed by atoms with Gasteiger partial charge in [-0.2, -0.15) is 0 Å². The molecular weight excluding hydrogens is 574 g/mol. The Balaban J connectivity index is 0.00000405. The summed E-state index contributed by atoms with van der Waals surface area (Å²) in [6.07, 6.45) is 2.94. The number of fused-ring (bicyclic) bond motifs is 1. The zero-order chi connectivity index (χ0) is 29.1. The first-order valence-electron chi connectivity index (χ1n) is 13.1. The van der Waals surface area contributed by atoms with E-state index >= 15 is 0 Å². The summed E-state index contributed by atoms with van der Waals surface area (Å²) in [5, 5.41) is 9.37. The Bertz CT molecular complexity index is 1790. The fourth-order valence-corrected chi connectivity index (χ4v) is 5.23. The van der Waals surface area contributed by atoms with Gasteiger partial charge >= 0.3 is 0 Å². The minimum absolute atomic E-state index is 0. The number of sulfone groups is 1. The number of hydrogen-bond acceptors (Lipinski definition) is 9. The second kappa shape index (κ2) is 12.7. The second-order valence-electron chi connectivity index (χ2n) is 9.79. The monoisotopic (exact) mass is 607 g/mol. The average molecular weight is 608 g/mol. The standard InChI is InChI=1S/C30H33N7O3S.ClH/c1-19(41(5,38)39)21-8-10-22(11-9-21)34-29-32-17-16-25(35-29)27-24(31-2)14-15-26-28(27)36-30(37(26)3)33-18-20-6-12-23(40-4)13-7-20;/h6-17,19,31H,18H2,1-5H3,(H,33,36)(H,32,34,35);1H.